The van der Waals surface area contributed by atoms with E-state index in [2.05, 4.69) is 87.7 Å². The highest BCUT2D eigenvalue weighted by Crippen LogP contribution is 2.21. The van der Waals surface area contributed by atoms with Gasteiger partial charge in [0, 0.05) is 5.69 Å². The van der Waals surface area contributed by atoms with Crippen LogP contribution in [0.3, 0.4) is 0 Å². The summed E-state index contributed by atoms with van der Waals surface area (Å²) in [4.78, 5) is 0. The third kappa shape index (κ3) is 4.81. The fourth-order valence-corrected chi connectivity index (χ4v) is 2.94. The van der Waals surface area contributed by atoms with E-state index in [4.69, 9.17) is 12.2 Å². The molecule has 0 heterocycles. The second kappa shape index (κ2) is 8.29. The van der Waals surface area contributed by atoms with Gasteiger partial charge in [-0.1, -0.05) is 51.1 Å². The molecule has 2 aromatic rings. The number of hydrogen-bond donors (Lipinski definition) is 2. The zero-order chi connectivity index (χ0) is 17.7. The van der Waals surface area contributed by atoms with Crippen molar-refractivity contribution in [1.29, 1.82) is 0 Å². The molecule has 3 heteroatoms. The maximum Gasteiger partial charge on any atom is 0.171 e. The third-order valence-electron chi connectivity index (χ3n) is 4.48. The topological polar surface area (TPSA) is 24.1 Å². The number of anilines is 1. The number of rotatable bonds is 5. The van der Waals surface area contributed by atoms with Crippen LogP contribution in [0, 0.1) is 13.8 Å². The fraction of sp³-hybridized carbons (Fsp3) is 0.381. The van der Waals surface area contributed by atoms with Gasteiger partial charge >= 0.3 is 0 Å². The van der Waals surface area contributed by atoms with Crippen molar-refractivity contribution < 1.29 is 0 Å². The van der Waals surface area contributed by atoms with Gasteiger partial charge in [-0.05, 0) is 72.8 Å². The summed E-state index contributed by atoms with van der Waals surface area (Å²) < 4.78 is 0. The Morgan fingerprint density at radius 1 is 0.958 bits per heavy atom. The highest BCUT2D eigenvalue weighted by molar-refractivity contribution is 7.80. The number of thiocarbonyl (C=S) groups is 1. The Hall–Kier alpha value is -1.87. The quantitative estimate of drug-likeness (QED) is 0.666. The van der Waals surface area contributed by atoms with Crippen LogP contribution in [0.5, 0.6) is 0 Å². The van der Waals surface area contributed by atoms with Crippen LogP contribution in [-0.2, 0) is 0 Å². The molecule has 0 aliphatic heterocycles. The van der Waals surface area contributed by atoms with Crippen molar-refractivity contribution in [2.75, 3.05) is 5.32 Å². The highest BCUT2D eigenvalue weighted by Gasteiger charge is 2.11. The molecule has 0 fully saturated rings. The van der Waals surface area contributed by atoms with E-state index in [-0.39, 0.29) is 6.04 Å². The van der Waals surface area contributed by atoms with Crippen LogP contribution in [0.15, 0.2) is 42.5 Å². The number of aryl methyl sites for hydroxylation is 2. The van der Waals surface area contributed by atoms with Crippen LogP contribution in [0.4, 0.5) is 5.69 Å². The fourth-order valence-electron chi connectivity index (χ4n) is 2.68. The summed E-state index contributed by atoms with van der Waals surface area (Å²) in [6.45, 7) is 10.9. The Bertz CT molecular complexity index is 689. The van der Waals surface area contributed by atoms with Gasteiger partial charge in [-0.25, -0.2) is 0 Å². The normalized spacial score (nSPS) is 12.1. The lowest BCUT2D eigenvalue weighted by molar-refractivity contribution is 0.628. The van der Waals surface area contributed by atoms with Gasteiger partial charge in [-0.2, -0.15) is 0 Å². The monoisotopic (exact) mass is 340 g/mol. The Morgan fingerprint density at radius 3 is 2.12 bits per heavy atom. The van der Waals surface area contributed by atoms with Gasteiger partial charge in [0.15, 0.2) is 5.11 Å². The van der Waals surface area contributed by atoms with E-state index in [9.17, 15) is 0 Å². The lowest BCUT2D eigenvalue weighted by atomic mass is 9.99. The molecule has 0 aliphatic carbocycles. The first-order valence-corrected chi connectivity index (χ1v) is 9.06. The lowest BCUT2D eigenvalue weighted by Gasteiger charge is -2.21. The first-order valence-electron chi connectivity index (χ1n) is 8.65. The van der Waals surface area contributed by atoms with Crippen molar-refractivity contribution in [3.63, 3.8) is 0 Å². The Balaban J connectivity index is 2.02. The summed E-state index contributed by atoms with van der Waals surface area (Å²) in [6.07, 6.45) is 0.983. The predicted molar refractivity (Wildman–Crippen MR) is 109 cm³/mol. The molecule has 0 spiro atoms. The summed E-state index contributed by atoms with van der Waals surface area (Å²) in [5, 5.41) is 7.39. The molecule has 0 aliphatic rings. The summed E-state index contributed by atoms with van der Waals surface area (Å²) in [5.74, 6) is 0.540. The van der Waals surface area contributed by atoms with Gasteiger partial charge in [-0.15, -0.1) is 0 Å². The Kier molecular flexibility index (Phi) is 6.38. The Morgan fingerprint density at radius 2 is 1.58 bits per heavy atom. The van der Waals surface area contributed by atoms with Crippen molar-refractivity contribution in [2.24, 2.45) is 0 Å². The van der Waals surface area contributed by atoms with Gasteiger partial charge in [0.2, 0.25) is 0 Å². The average molecular weight is 341 g/mol. The van der Waals surface area contributed by atoms with Gasteiger partial charge in [0.1, 0.15) is 0 Å². The van der Waals surface area contributed by atoms with Crippen molar-refractivity contribution in [2.45, 2.75) is 53.0 Å². The van der Waals surface area contributed by atoms with Crippen LogP contribution in [-0.4, -0.2) is 5.11 Å². The summed E-state index contributed by atoms with van der Waals surface area (Å²) in [5.41, 5.74) is 6.27. The van der Waals surface area contributed by atoms with Crippen molar-refractivity contribution in [1.82, 2.24) is 5.32 Å². The average Bonchev–Trinajstić information content (AvgIpc) is 2.55. The minimum atomic E-state index is 0.222. The molecule has 2 N–H and O–H groups in total. The predicted octanol–water partition coefficient (Wildman–Crippen LogP) is 5.86. The molecule has 2 nitrogen and oxygen atoms in total. The van der Waals surface area contributed by atoms with Crippen LogP contribution >= 0.6 is 12.2 Å². The second-order valence-corrected chi connectivity index (χ2v) is 7.09. The molecule has 0 aromatic heterocycles. The molecule has 128 valence electrons. The zero-order valence-corrected chi connectivity index (χ0v) is 16.1. The molecular weight excluding hydrogens is 312 g/mol. The number of nitrogens with one attached hydrogen (secondary N) is 2. The van der Waals surface area contributed by atoms with Crippen LogP contribution in [0.25, 0.3) is 0 Å². The molecule has 2 rings (SSSR count). The highest BCUT2D eigenvalue weighted by atomic mass is 32.1. The number of hydrogen-bond acceptors (Lipinski definition) is 1. The molecule has 0 amide bonds. The van der Waals surface area contributed by atoms with Crippen LogP contribution in [0.2, 0.25) is 0 Å². The first kappa shape index (κ1) is 18.5. The summed E-state index contributed by atoms with van der Waals surface area (Å²) >= 11 is 5.50. The van der Waals surface area contributed by atoms with Crippen LogP contribution in [0.1, 0.15) is 61.4 Å². The smallest absolute Gasteiger partial charge is 0.171 e. The number of benzene rings is 2. The van der Waals surface area contributed by atoms with Gasteiger partial charge < -0.3 is 10.6 Å². The Labute approximate surface area is 151 Å². The van der Waals surface area contributed by atoms with E-state index in [1.807, 2.05) is 0 Å². The molecule has 0 saturated carbocycles. The molecule has 2 aromatic carbocycles. The van der Waals surface area contributed by atoms with Gasteiger partial charge in [0.05, 0.1) is 6.04 Å². The van der Waals surface area contributed by atoms with Gasteiger partial charge in [0.25, 0.3) is 0 Å². The van der Waals surface area contributed by atoms with E-state index >= 15 is 0 Å². The van der Waals surface area contributed by atoms with Crippen molar-refractivity contribution in [3.8, 4) is 0 Å². The second-order valence-electron chi connectivity index (χ2n) is 6.68. The van der Waals surface area contributed by atoms with Crippen LogP contribution < -0.4 is 10.6 Å². The van der Waals surface area contributed by atoms with Gasteiger partial charge in [-0.3, -0.25) is 0 Å². The first-order chi connectivity index (χ1) is 11.4. The van der Waals surface area contributed by atoms with E-state index in [0.717, 1.165) is 12.1 Å². The largest absolute Gasteiger partial charge is 0.356 e. The minimum Gasteiger partial charge on any atom is -0.356 e. The maximum atomic E-state index is 5.50. The minimum absolute atomic E-state index is 0.222. The van der Waals surface area contributed by atoms with E-state index in [0.29, 0.717) is 11.0 Å². The molecule has 0 unspecified atom stereocenters. The third-order valence-corrected chi connectivity index (χ3v) is 4.70. The summed E-state index contributed by atoms with van der Waals surface area (Å²) in [6, 6.07) is 15.3. The molecule has 0 bridgehead atoms. The molecule has 24 heavy (non-hydrogen) atoms. The standard InChI is InChI=1S/C21H28N2S/c1-6-20(18-8-7-15(4)16(5)13-18)23-21(24)22-19-11-9-17(10-12-19)14(2)3/h7-14,20H,6H2,1-5H3,(H2,22,23,24)/t20-/m0/s1. The lowest BCUT2D eigenvalue weighted by Crippen LogP contribution is -2.32. The van der Waals surface area contributed by atoms with Crippen molar-refractivity contribution in [3.05, 3.63) is 64.7 Å². The van der Waals surface area contributed by atoms with E-state index in [1.54, 1.807) is 0 Å². The maximum absolute atomic E-state index is 5.50. The zero-order valence-electron chi connectivity index (χ0n) is 15.3. The molecule has 0 saturated heterocycles. The van der Waals surface area contributed by atoms with E-state index < -0.39 is 0 Å². The van der Waals surface area contributed by atoms with E-state index in [1.165, 1.54) is 22.3 Å². The summed E-state index contributed by atoms with van der Waals surface area (Å²) in [7, 11) is 0. The molecular formula is C21H28N2S. The SMILES string of the molecule is CC[C@H](NC(=S)Nc1ccc(C(C)C)cc1)c1ccc(C)c(C)c1. The molecule has 0 radical (unpaired) electrons. The molecule has 1 atom stereocenters. The van der Waals surface area contributed by atoms with Crippen molar-refractivity contribution >= 4 is 23.0 Å².